The quantitative estimate of drug-likeness (QED) is 0.197. The summed E-state index contributed by atoms with van der Waals surface area (Å²) < 4.78 is 0. The molecule has 0 radical (unpaired) electrons. The largest absolute Gasteiger partial charge is 0.355 e. The van der Waals surface area contributed by atoms with Crippen molar-refractivity contribution in [2.24, 2.45) is 5.10 Å². The number of hydrogen-bond acceptors (Lipinski definition) is 3. The molecular weight excluding hydrogens is 426 g/mol. The molecular formula is C32H27N3. The van der Waals surface area contributed by atoms with Crippen LogP contribution in [0.25, 0.3) is 11.1 Å². The van der Waals surface area contributed by atoms with Crippen LogP contribution in [-0.2, 0) is 0 Å². The standard InChI is InChI=1S/C32H27N3/c1-25-17-19-26(20-18-25)27-21-22-28(32(23-27)34-29-11-5-2-6-12-29)24-33-35(30-13-7-3-8-14-30)31-15-9-4-10-16-31/h2-24,34H,1H3. The lowest BCUT2D eigenvalue weighted by molar-refractivity contribution is 1.09. The highest BCUT2D eigenvalue weighted by atomic mass is 15.5. The molecule has 0 unspecified atom stereocenters. The molecule has 3 nitrogen and oxygen atoms in total. The summed E-state index contributed by atoms with van der Waals surface area (Å²) >= 11 is 0. The monoisotopic (exact) mass is 453 g/mol. The van der Waals surface area contributed by atoms with Crippen LogP contribution in [0, 0.1) is 6.92 Å². The Hall–Kier alpha value is -4.63. The van der Waals surface area contributed by atoms with Gasteiger partial charge in [0.2, 0.25) is 0 Å². The first-order valence-corrected chi connectivity index (χ1v) is 11.7. The van der Waals surface area contributed by atoms with E-state index in [2.05, 4.69) is 91.1 Å². The SMILES string of the molecule is Cc1ccc(-c2ccc(C=NN(c3ccccc3)c3ccccc3)c(Nc3ccccc3)c2)cc1. The van der Waals surface area contributed by atoms with Crippen LogP contribution in [0.5, 0.6) is 0 Å². The van der Waals surface area contributed by atoms with Crippen molar-refractivity contribution in [3.63, 3.8) is 0 Å². The summed E-state index contributed by atoms with van der Waals surface area (Å²) in [4.78, 5) is 0. The molecule has 1 N–H and O–H groups in total. The van der Waals surface area contributed by atoms with Gasteiger partial charge in [0.1, 0.15) is 0 Å². The van der Waals surface area contributed by atoms with Crippen molar-refractivity contribution in [1.82, 2.24) is 0 Å². The minimum absolute atomic E-state index is 0.999. The van der Waals surface area contributed by atoms with Gasteiger partial charge in [0.05, 0.1) is 17.6 Å². The van der Waals surface area contributed by atoms with Crippen molar-refractivity contribution in [2.75, 3.05) is 10.3 Å². The molecule has 0 aromatic heterocycles. The van der Waals surface area contributed by atoms with Crippen LogP contribution >= 0.6 is 0 Å². The van der Waals surface area contributed by atoms with Crippen LogP contribution in [-0.4, -0.2) is 6.21 Å². The highest BCUT2D eigenvalue weighted by Gasteiger charge is 2.09. The Morgan fingerprint density at radius 3 is 1.74 bits per heavy atom. The van der Waals surface area contributed by atoms with Gasteiger partial charge in [0, 0.05) is 16.9 Å². The smallest absolute Gasteiger partial charge is 0.0652 e. The number of nitrogens with zero attached hydrogens (tertiary/aromatic N) is 2. The summed E-state index contributed by atoms with van der Waals surface area (Å²) in [6.07, 6.45) is 1.92. The van der Waals surface area contributed by atoms with E-state index in [0.717, 1.165) is 33.9 Å². The maximum atomic E-state index is 4.92. The third kappa shape index (κ3) is 5.48. The lowest BCUT2D eigenvalue weighted by Crippen LogP contribution is -2.09. The van der Waals surface area contributed by atoms with E-state index >= 15 is 0 Å². The Morgan fingerprint density at radius 2 is 1.14 bits per heavy atom. The Kier molecular flexibility index (Phi) is 6.67. The van der Waals surface area contributed by atoms with Gasteiger partial charge in [-0.15, -0.1) is 0 Å². The first kappa shape index (κ1) is 22.2. The Morgan fingerprint density at radius 1 is 0.600 bits per heavy atom. The van der Waals surface area contributed by atoms with Crippen molar-refractivity contribution >= 4 is 29.0 Å². The zero-order chi connectivity index (χ0) is 23.9. The van der Waals surface area contributed by atoms with E-state index in [0.29, 0.717) is 0 Å². The van der Waals surface area contributed by atoms with E-state index in [9.17, 15) is 0 Å². The van der Waals surface area contributed by atoms with Crippen LogP contribution in [0.1, 0.15) is 11.1 Å². The van der Waals surface area contributed by atoms with E-state index in [1.54, 1.807) is 0 Å². The van der Waals surface area contributed by atoms with E-state index < -0.39 is 0 Å². The molecule has 0 aliphatic carbocycles. The Bertz CT molecular complexity index is 1350. The first-order valence-electron chi connectivity index (χ1n) is 11.7. The molecule has 3 heteroatoms. The molecule has 0 saturated heterocycles. The molecule has 5 rings (SSSR count). The molecule has 0 amide bonds. The van der Waals surface area contributed by atoms with E-state index in [-0.39, 0.29) is 0 Å². The molecule has 0 spiro atoms. The van der Waals surface area contributed by atoms with E-state index in [1.165, 1.54) is 11.1 Å². The number of hydrazone groups is 1. The van der Waals surface area contributed by atoms with Crippen molar-refractivity contribution in [1.29, 1.82) is 0 Å². The number of rotatable bonds is 7. The van der Waals surface area contributed by atoms with Crippen molar-refractivity contribution in [2.45, 2.75) is 6.92 Å². The second kappa shape index (κ2) is 10.5. The van der Waals surface area contributed by atoms with Crippen LogP contribution in [0.4, 0.5) is 22.7 Å². The number of benzene rings is 5. The van der Waals surface area contributed by atoms with Gasteiger partial charge in [-0.3, -0.25) is 0 Å². The third-order valence-electron chi connectivity index (χ3n) is 5.80. The minimum Gasteiger partial charge on any atom is -0.355 e. The molecule has 5 aromatic rings. The van der Waals surface area contributed by atoms with Gasteiger partial charge in [0.25, 0.3) is 0 Å². The Balaban J connectivity index is 1.54. The third-order valence-corrected chi connectivity index (χ3v) is 5.80. The van der Waals surface area contributed by atoms with Crippen LogP contribution in [0.15, 0.2) is 139 Å². The summed E-state index contributed by atoms with van der Waals surface area (Å²) in [5, 5.41) is 10.5. The summed E-state index contributed by atoms with van der Waals surface area (Å²) in [6.45, 7) is 2.11. The van der Waals surface area contributed by atoms with Gasteiger partial charge in [-0.05, 0) is 60.5 Å². The highest BCUT2D eigenvalue weighted by molar-refractivity contribution is 5.92. The van der Waals surface area contributed by atoms with Crippen molar-refractivity contribution < 1.29 is 0 Å². The minimum atomic E-state index is 0.999. The maximum absolute atomic E-state index is 4.92. The van der Waals surface area contributed by atoms with Gasteiger partial charge >= 0.3 is 0 Å². The molecule has 5 aromatic carbocycles. The van der Waals surface area contributed by atoms with Gasteiger partial charge < -0.3 is 5.32 Å². The maximum Gasteiger partial charge on any atom is 0.0652 e. The zero-order valence-corrected chi connectivity index (χ0v) is 19.7. The second-order valence-corrected chi connectivity index (χ2v) is 8.39. The van der Waals surface area contributed by atoms with Gasteiger partial charge in [0.15, 0.2) is 0 Å². The topological polar surface area (TPSA) is 27.6 Å². The molecule has 35 heavy (non-hydrogen) atoms. The van der Waals surface area contributed by atoms with Crippen molar-refractivity contribution in [3.05, 3.63) is 145 Å². The molecule has 170 valence electrons. The number of nitrogens with one attached hydrogen (secondary N) is 1. The summed E-state index contributed by atoms with van der Waals surface area (Å²) in [7, 11) is 0. The van der Waals surface area contributed by atoms with Gasteiger partial charge in [-0.1, -0.05) is 96.6 Å². The highest BCUT2D eigenvalue weighted by Crippen LogP contribution is 2.29. The van der Waals surface area contributed by atoms with Gasteiger partial charge in [-0.2, -0.15) is 5.10 Å². The van der Waals surface area contributed by atoms with Crippen LogP contribution in [0.2, 0.25) is 0 Å². The lowest BCUT2D eigenvalue weighted by atomic mass is 10.0. The van der Waals surface area contributed by atoms with Crippen molar-refractivity contribution in [3.8, 4) is 11.1 Å². The molecule has 0 bridgehead atoms. The van der Waals surface area contributed by atoms with Gasteiger partial charge in [-0.25, -0.2) is 5.01 Å². The first-order chi connectivity index (χ1) is 17.3. The molecule has 0 fully saturated rings. The van der Waals surface area contributed by atoms with Crippen LogP contribution < -0.4 is 10.3 Å². The molecule has 0 aliphatic rings. The number of aryl methyl sites for hydroxylation is 1. The Labute approximate surface area is 207 Å². The molecule has 0 saturated carbocycles. The normalized spacial score (nSPS) is 10.9. The van der Waals surface area contributed by atoms with E-state index in [4.69, 9.17) is 5.10 Å². The van der Waals surface area contributed by atoms with E-state index in [1.807, 2.05) is 65.8 Å². The average Bonchev–Trinajstić information content (AvgIpc) is 2.92. The fourth-order valence-corrected chi connectivity index (χ4v) is 3.92. The lowest BCUT2D eigenvalue weighted by Gasteiger charge is -2.19. The summed E-state index contributed by atoms with van der Waals surface area (Å²) in [5.74, 6) is 0. The predicted octanol–water partition coefficient (Wildman–Crippen LogP) is 8.58. The zero-order valence-electron chi connectivity index (χ0n) is 19.7. The number of para-hydroxylation sites is 3. The average molecular weight is 454 g/mol. The number of hydrogen-bond donors (Lipinski definition) is 1. The fourth-order valence-electron chi connectivity index (χ4n) is 3.92. The van der Waals surface area contributed by atoms with Crippen LogP contribution in [0.3, 0.4) is 0 Å². The predicted molar refractivity (Wildman–Crippen MR) is 149 cm³/mol. The molecule has 0 atom stereocenters. The summed E-state index contributed by atoms with van der Waals surface area (Å²) in [6, 6.07) is 45.7. The molecule has 0 heterocycles. The summed E-state index contributed by atoms with van der Waals surface area (Å²) in [5.41, 5.74) is 8.63. The number of anilines is 4. The fraction of sp³-hybridized carbons (Fsp3) is 0.0312. The molecule has 0 aliphatic heterocycles. The second-order valence-electron chi connectivity index (χ2n) is 8.39.